The molecule has 0 aromatic carbocycles. The highest BCUT2D eigenvalue weighted by molar-refractivity contribution is 4.62. The zero-order chi connectivity index (χ0) is 12.3. The predicted octanol–water partition coefficient (Wildman–Crippen LogP) is 3.79. The van der Waals surface area contributed by atoms with Gasteiger partial charge in [0.05, 0.1) is 12.2 Å². The number of aliphatic hydroxyl groups is 2. The lowest BCUT2D eigenvalue weighted by Gasteiger charge is -2.12. The van der Waals surface area contributed by atoms with E-state index in [9.17, 15) is 10.2 Å². The van der Waals surface area contributed by atoms with Gasteiger partial charge in [-0.15, -0.1) is 0 Å². The first-order valence-electron chi connectivity index (χ1n) is 7.65. The normalized spacial score (nSPS) is 31.4. The van der Waals surface area contributed by atoms with Gasteiger partial charge in [-0.25, -0.2) is 0 Å². The molecule has 0 aromatic rings. The van der Waals surface area contributed by atoms with Gasteiger partial charge in [-0.2, -0.15) is 0 Å². The Morgan fingerprint density at radius 1 is 0.412 bits per heavy atom. The number of hydrogen-bond acceptors (Lipinski definition) is 2. The zero-order valence-electron chi connectivity index (χ0n) is 11.2. The van der Waals surface area contributed by atoms with Crippen LogP contribution >= 0.6 is 0 Å². The van der Waals surface area contributed by atoms with Gasteiger partial charge in [0.25, 0.3) is 0 Å². The van der Waals surface area contributed by atoms with Crippen molar-refractivity contribution in [2.75, 3.05) is 0 Å². The highest BCUT2D eigenvalue weighted by atomic mass is 16.3. The van der Waals surface area contributed by atoms with E-state index < -0.39 is 0 Å². The summed E-state index contributed by atoms with van der Waals surface area (Å²) in [5.74, 6) is 0. The molecule has 0 saturated heterocycles. The largest absolute Gasteiger partial charge is 0.393 e. The van der Waals surface area contributed by atoms with E-state index in [0.717, 1.165) is 32.1 Å². The molecule has 2 nitrogen and oxygen atoms in total. The van der Waals surface area contributed by atoms with Crippen LogP contribution in [0.2, 0.25) is 0 Å². The van der Waals surface area contributed by atoms with Crippen molar-refractivity contribution in [2.24, 2.45) is 0 Å². The third-order valence-electron chi connectivity index (χ3n) is 3.90. The fourth-order valence-corrected chi connectivity index (χ4v) is 2.70. The molecule has 2 N–H and O–H groups in total. The van der Waals surface area contributed by atoms with Crippen LogP contribution in [0.3, 0.4) is 0 Å². The average molecular weight is 242 g/mol. The van der Waals surface area contributed by atoms with Crippen molar-refractivity contribution in [3.8, 4) is 0 Å². The monoisotopic (exact) mass is 242 g/mol. The van der Waals surface area contributed by atoms with Crippen LogP contribution in [0.4, 0.5) is 0 Å². The van der Waals surface area contributed by atoms with Crippen molar-refractivity contribution in [3.05, 3.63) is 0 Å². The average Bonchev–Trinajstić information content (AvgIpc) is 2.31. The predicted molar refractivity (Wildman–Crippen MR) is 72.0 cm³/mol. The van der Waals surface area contributed by atoms with Crippen molar-refractivity contribution in [1.82, 2.24) is 0 Å². The first-order chi connectivity index (χ1) is 8.29. The highest BCUT2D eigenvalue weighted by Crippen LogP contribution is 2.17. The lowest BCUT2D eigenvalue weighted by atomic mass is 10.0. The van der Waals surface area contributed by atoms with Gasteiger partial charge in [0.2, 0.25) is 0 Å². The summed E-state index contributed by atoms with van der Waals surface area (Å²) < 4.78 is 0. The van der Waals surface area contributed by atoms with Gasteiger partial charge in [0.1, 0.15) is 0 Å². The maximum Gasteiger partial charge on any atom is 0.0540 e. The van der Waals surface area contributed by atoms with E-state index in [1.54, 1.807) is 0 Å². The molecule has 0 aromatic heterocycles. The zero-order valence-corrected chi connectivity index (χ0v) is 11.2. The van der Waals surface area contributed by atoms with Crippen molar-refractivity contribution >= 4 is 0 Å². The third kappa shape index (κ3) is 8.62. The SMILES string of the molecule is OC1CCCCCCCCCCC(O)CCC1. The molecule has 17 heavy (non-hydrogen) atoms. The fourth-order valence-electron chi connectivity index (χ4n) is 2.70. The van der Waals surface area contributed by atoms with Crippen molar-refractivity contribution in [3.63, 3.8) is 0 Å². The minimum atomic E-state index is -0.132. The molecule has 0 spiro atoms. The summed E-state index contributed by atoms with van der Waals surface area (Å²) in [5.41, 5.74) is 0. The maximum absolute atomic E-state index is 9.78. The Labute approximate surface area is 106 Å². The summed E-state index contributed by atoms with van der Waals surface area (Å²) in [5, 5.41) is 19.6. The molecule has 1 saturated carbocycles. The van der Waals surface area contributed by atoms with Crippen LogP contribution in [-0.4, -0.2) is 22.4 Å². The molecule has 0 aliphatic heterocycles. The van der Waals surface area contributed by atoms with Crippen LogP contribution < -0.4 is 0 Å². The molecule has 1 rings (SSSR count). The quantitative estimate of drug-likeness (QED) is 0.678. The van der Waals surface area contributed by atoms with Gasteiger partial charge >= 0.3 is 0 Å². The summed E-state index contributed by atoms with van der Waals surface area (Å²) >= 11 is 0. The smallest absolute Gasteiger partial charge is 0.0540 e. The maximum atomic E-state index is 9.78. The van der Waals surface area contributed by atoms with Gasteiger partial charge in [-0.05, 0) is 32.1 Å². The van der Waals surface area contributed by atoms with Gasteiger partial charge < -0.3 is 10.2 Å². The second-order valence-electron chi connectivity index (χ2n) is 5.64. The van der Waals surface area contributed by atoms with Crippen molar-refractivity contribution < 1.29 is 10.2 Å². The molecule has 1 fully saturated rings. The van der Waals surface area contributed by atoms with Gasteiger partial charge in [-0.3, -0.25) is 0 Å². The van der Waals surface area contributed by atoms with Gasteiger partial charge in [0, 0.05) is 0 Å². The van der Waals surface area contributed by atoms with E-state index in [2.05, 4.69) is 0 Å². The summed E-state index contributed by atoms with van der Waals surface area (Å²) in [4.78, 5) is 0. The van der Waals surface area contributed by atoms with Crippen LogP contribution in [0, 0.1) is 0 Å². The topological polar surface area (TPSA) is 40.5 Å². The number of rotatable bonds is 0. The number of aliphatic hydroxyl groups excluding tert-OH is 2. The summed E-state index contributed by atoms with van der Waals surface area (Å²) in [6.45, 7) is 0. The van der Waals surface area contributed by atoms with Crippen molar-refractivity contribution in [2.45, 2.75) is 95.7 Å². The van der Waals surface area contributed by atoms with E-state index in [0.29, 0.717) is 0 Å². The molecule has 0 radical (unpaired) electrons. The second-order valence-corrected chi connectivity index (χ2v) is 5.64. The Balaban J connectivity index is 2.20. The molecule has 2 atom stereocenters. The lowest BCUT2D eigenvalue weighted by molar-refractivity contribution is 0.121. The van der Waals surface area contributed by atoms with Crippen LogP contribution in [0.15, 0.2) is 0 Å². The number of hydrogen-bond donors (Lipinski definition) is 2. The molecular formula is C15H30O2. The minimum Gasteiger partial charge on any atom is -0.393 e. The summed E-state index contributed by atoms with van der Waals surface area (Å²) in [6.07, 6.45) is 14.6. The molecule has 0 amide bonds. The molecular weight excluding hydrogens is 212 g/mol. The summed E-state index contributed by atoms with van der Waals surface area (Å²) in [7, 11) is 0. The van der Waals surface area contributed by atoms with E-state index >= 15 is 0 Å². The first-order valence-corrected chi connectivity index (χ1v) is 7.65. The Hall–Kier alpha value is -0.0800. The van der Waals surface area contributed by atoms with Crippen LogP contribution in [0.25, 0.3) is 0 Å². The molecule has 2 heteroatoms. The standard InChI is InChI=1S/C15H30O2/c16-14-10-7-5-3-1-2-4-6-8-11-15(17)13-9-12-14/h14-17H,1-13H2. The van der Waals surface area contributed by atoms with E-state index in [1.807, 2.05) is 0 Å². The lowest BCUT2D eigenvalue weighted by Crippen LogP contribution is -2.10. The van der Waals surface area contributed by atoms with Crippen molar-refractivity contribution in [1.29, 1.82) is 0 Å². The van der Waals surface area contributed by atoms with E-state index in [-0.39, 0.29) is 12.2 Å². The van der Waals surface area contributed by atoms with Crippen LogP contribution in [0.1, 0.15) is 83.5 Å². The Kier molecular flexibility index (Phi) is 8.72. The van der Waals surface area contributed by atoms with E-state index in [4.69, 9.17) is 0 Å². The molecule has 1 aliphatic rings. The van der Waals surface area contributed by atoms with Gasteiger partial charge in [0.15, 0.2) is 0 Å². The Bertz CT molecular complexity index is 152. The second kappa shape index (κ2) is 9.90. The minimum absolute atomic E-state index is 0.132. The fraction of sp³-hybridized carbons (Fsp3) is 1.00. The van der Waals surface area contributed by atoms with E-state index in [1.165, 1.54) is 51.4 Å². The van der Waals surface area contributed by atoms with Gasteiger partial charge in [-0.1, -0.05) is 51.4 Å². The summed E-state index contributed by atoms with van der Waals surface area (Å²) in [6, 6.07) is 0. The van der Waals surface area contributed by atoms with Crippen LogP contribution in [0.5, 0.6) is 0 Å². The molecule has 0 bridgehead atoms. The molecule has 2 unspecified atom stereocenters. The Morgan fingerprint density at radius 2 is 0.706 bits per heavy atom. The molecule has 1 aliphatic carbocycles. The molecule has 0 heterocycles. The Morgan fingerprint density at radius 3 is 1.12 bits per heavy atom. The highest BCUT2D eigenvalue weighted by Gasteiger charge is 2.08. The van der Waals surface area contributed by atoms with Crippen LogP contribution in [-0.2, 0) is 0 Å². The third-order valence-corrected chi connectivity index (χ3v) is 3.90. The molecule has 102 valence electrons. The first kappa shape index (κ1) is 15.0.